The summed E-state index contributed by atoms with van der Waals surface area (Å²) in [5, 5.41) is 12.1. The first-order chi connectivity index (χ1) is 8.38. The molecule has 1 atom stereocenters. The first-order valence-electron chi connectivity index (χ1n) is 5.39. The summed E-state index contributed by atoms with van der Waals surface area (Å²) >= 11 is 3.24. The minimum atomic E-state index is 0.266. The molecule has 1 aromatic rings. The van der Waals surface area contributed by atoms with Gasteiger partial charge in [0.05, 0.1) is 12.7 Å². The Hall–Kier alpha value is -0.630. The Labute approximate surface area is 109 Å². The van der Waals surface area contributed by atoms with Crippen molar-refractivity contribution < 1.29 is 9.47 Å². The molecule has 0 bridgehead atoms. The second-order valence-electron chi connectivity index (χ2n) is 3.46. The summed E-state index contributed by atoms with van der Waals surface area (Å²) in [5.74, 6) is 0.902. The molecule has 2 heterocycles. The molecule has 1 fully saturated rings. The van der Waals surface area contributed by atoms with E-state index in [2.05, 4.69) is 22.1 Å². The van der Waals surface area contributed by atoms with Crippen molar-refractivity contribution in [3.8, 4) is 0 Å². The van der Waals surface area contributed by atoms with Crippen LogP contribution in [0.1, 0.15) is 6.42 Å². The zero-order valence-electron chi connectivity index (χ0n) is 9.42. The normalized spacial score (nSPS) is 20.1. The molecule has 5 nitrogen and oxygen atoms in total. The quantitative estimate of drug-likeness (QED) is 0.632. The molecule has 1 saturated heterocycles. The molecule has 1 aliphatic rings. The monoisotopic (exact) mass is 273 g/mol. The highest BCUT2D eigenvalue weighted by atomic mass is 32.2. The van der Waals surface area contributed by atoms with Gasteiger partial charge >= 0.3 is 0 Å². The molecule has 1 aliphatic heterocycles. The van der Waals surface area contributed by atoms with Gasteiger partial charge in [-0.3, -0.25) is 0 Å². The Morgan fingerprint density at radius 1 is 1.59 bits per heavy atom. The summed E-state index contributed by atoms with van der Waals surface area (Å²) < 4.78 is 11.5. The van der Waals surface area contributed by atoms with E-state index < -0.39 is 0 Å². The minimum absolute atomic E-state index is 0.266. The molecule has 1 N–H and O–H groups in total. The van der Waals surface area contributed by atoms with Crippen molar-refractivity contribution in [1.82, 2.24) is 10.2 Å². The van der Waals surface area contributed by atoms with Crippen molar-refractivity contribution in [1.29, 1.82) is 0 Å². The number of ether oxygens (including phenoxy) is 2. The molecular weight excluding hydrogens is 258 g/mol. The van der Waals surface area contributed by atoms with Gasteiger partial charge in [0.25, 0.3) is 0 Å². The third kappa shape index (κ3) is 4.27. The van der Waals surface area contributed by atoms with Crippen LogP contribution in [0.5, 0.6) is 0 Å². The van der Waals surface area contributed by atoms with Crippen LogP contribution in [-0.2, 0) is 9.47 Å². The fourth-order valence-electron chi connectivity index (χ4n) is 1.30. The smallest absolute Gasteiger partial charge is 0.206 e. The maximum Gasteiger partial charge on any atom is 0.206 e. The lowest BCUT2D eigenvalue weighted by atomic mass is 10.3. The lowest BCUT2D eigenvalue weighted by Crippen LogP contribution is -2.25. The van der Waals surface area contributed by atoms with Gasteiger partial charge in [-0.05, 0) is 6.42 Å². The van der Waals surface area contributed by atoms with Gasteiger partial charge in [0.2, 0.25) is 5.13 Å². The summed E-state index contributed by atoms with van der Waals surface area (Å²) in [5.41, 5.74) is 0. The van der Waals surface area contributed by atoms with Gasteiger partial charge in [-0.25, -0.2) is 0 Å². The highest BCUT2D eigenvalue weighted by molar-refractivity contribution is 8.01. The van der Waals surface area contributed by atoms with Gasteiger partial charge in [0.15, 0.2) is 4.34 Å². The summed E-state index contributed by atoms with van der Waals surface area (Å²) in [4.78, 5) is 0. The van der Waals surface area contributed by atoms with E-state index in [0.29, 0.717) is 13.3 Å². The third-order valence-electron chi connectivity index (χ3n) is 2.17. The molecule has 17 heavy (non-hydrogen) atoms. The predicted octanol–water partition coefficient (Wildman–Crippen LogP) is 1.99. The molecule has 2 rings (SSSR count). The van der Waals surface area contributed by atoms with E-state index in [-0.39, 0.29) is 6.10 Å². The van der Waals surface area contributed by atoms with Crippen molar-refractivity contribution in [2.24, 2.45) is 0 Å². The fraction of sp³-hybridized carbons (Fsp3) is 0.600. The first kappa shape index (κ1) is 12.8. The first-order valence-corrected chi connectivity index (χ1v) is 7.19. The molecule has 0 aliphatic carbocycles. The lowest BCUT2D eigenvalue weighted by molar-refractivity contribution is -0.130. The number of hydrogen-bond acceptors (Lipinski definition) is 7. The molecule has 0 unspecified atom stereocenters. The van der Waals surface area contributed by atoms with E-state index in [4.69, 9.17) is 9.47 Å². The van der Waals surface area contributed by atoms with Crippen LogP contribution in [-0.4, -0.2) is 42.0 Å². The summed E-state index contributed by atoms with van der Waals surface area (Å²) in [7, 11) is 0. The van der Waals surface area contributed by atoms with Gasteiger partial charge in [-0.15, -0.1) is 16.8 Å². The summed E-state index contributed by atoms with van der Waals surface area (Å²) in [6.07, 6.45) is 3.01. The lowest BCUT2D eigenvalue weighted by Gasteiger charge is -2.21. The van der Waals surface area contributed by atoms with Crippen LogP contribution >= 0.6 is 23.1 Å². The number of rotatable bonds is 6. The number of hydrogen-bond donors (Lipinski definition) is 1. The van der Waals surface area contributed by atoms with Crippen LogP contribution in [0.3, 0.4) is 0 Å². The van der Waals surface area contributed by atoms with E-state index in [1.54, 1.807) is 29.2 Å². The molecule has 0 aromatic carbocycles. The fourth-order valence-corrected chi connectivity index (χ4v) is 3.15. The van der Waals surface area contributed by atoms with Gasteiger partial charge in [-0.2, -0.15) is 0 Å². The summed E-state index contributed by atoms with van der Waals surface area (Å²) in [6, 6.07) is 0. The van der Waals surface area contributed by atoms with Crippen LogP contribution in [0.2, 0.25) is 0 Å². The Morgan fingerprint density at radius 2 is 2.53 bits per heavy atom. The van der Waals surface area contributed by atoms with Crippen LogP contribution in [0.25, 0.3) is 0 Å². The molecule has 0 radical (unpaired) electrons. The van der Waals surface area contributed by atoms with E-state index >= 15 is 0 Å². The minimum Gasteiger partial charge on any atom is -0.357 e. The molecule has 94 valence electrons. The van der Waals surface area contributed by atoms with Crippen molar-refractivity contribution in [3.05, 3.63) is 12.7 Å². The number of anilines is 1. The highest BCUT2D eigenvalue weighted by Gasteiger charge is 2.15. The zero-order valence-corrected chi connectivity index (χ0v) is 11.1. The van der Waals surface area contributed by atoms with Crippen molar-refractivity contribution in [2.75, 3.05) is 31.0 Å². The average molecular weight is 273 g/mol. The van der Waals surface area contributed by atoms with Gasteiger partial charge in [0.1, 0.15) is 6.79 Å². The SMILES string of the molecule is C=CCNc1nnc(SC[C@@H]2CCOCO2)s1. The Bertz CT molecular complexity index is 353. The van der Waals surface area contributed by atoms with Crippen LogP contribution in [0, 0.1) is 0 Å². The number of thioether (sulfide) groups is 1. The van der Waals surface area contributed by atoms with Crippen molar-refractivity contribution >= 4 is 28.2 Å². The topological polar surface area (TPSA) is 56.3 Å². The second kappa shape index (κ2) is 6.95. The third-order valence-corrected chi connectivity index (χ3v) is 4.31. The van der Waals surface area contributed by atoms with Crippen LogP contribution in [0.15, 0.2) is 17.0 Å². The Morgan fingerprint density at radius 3 is 3.29 bits per heavy atom. The predicted molar refractivity (Wildman–Crippen MR) is 69.6 cm³/mol. The maximum atomic E-state index is 5.46. The van der Waals surface area contributed by atoms with E-state index in [9.17, 15) is 0 Å². The van der Waals surface area contributed by atoms with Crippen molar-refractivity contribution in [3.63, 3.8) is 0 Å². The maximum absolute atomic E-state index is 5.46. The van der Waals surface area contributed by atoms with E-state index in [0.717, 1.165) is 28.3 Å². The molecule has 0 amide bonds. The standard InChI is InChI=1S/C10H15N3O2S2/c1-2-4-11-9-12-13-10(17-9)16-6-8-3-5-14-7-15-8/h2,8H,1,3-7H2,(H,11,12)/t8-/m0/s1. The van der Waals surface area contributed by atoms with Gasteiger partial charge in [-0.1, -0.05) is 29.2 Å². The average Bonchev–Trinajstić information content (AvgIpc) is 2.83. The van der Waals surface area contributed by atoms with Crippen LogP contribution in [0.4, 0.5) is 5.13 Å². The molecule has 0 spiro atoms. The molecule has 0 saturated carbocycles. The Balaban J connectivity index is 1.74. The van der Waals surface area contributed by atoms with Crippen molar-refractivity contribution in [2.45, 2.75) is 16.9 Å². The number of nitrogens with zero attached hydrogens (tertiary/aromatic N) is 2. The second-order valence-corrected chi connectivity index (χ2v) is 5.70. The number of aromatic nitrogens is 2. The van der Waals surface area contributed by atoms with Crippen LogP contribution < -0.4 is 5.32 Å². The zero-order chi connectivity index (χ0) is 11.9. The molecule has 7 heteroatoms. The molecular formula is C10H15N3O2S2. The summed E-state index contributed by atoms with van der Waals surface area (Å²) in [6.45, 7) is 5.55. The Kier molecular flexibility index (Phi) is 5.24. The molecule has 1 aromatic heterocycles. The van der Waals surface area contributed by atoms with E-state index in [1.807, 2.05) is 0 Å². The van der Waals surface area contributed by atoms with Gasteiger partial charge in [0, 0.05) is 12.3 Å². The van der Waals surface area contributed by atoms with E-state index in [1.165, 1.54) is 0 Å². The number of nitrogens with one attached hydrogen (secondary N) is 1. The highest BCUT2D eigenvalue weighted by Crippen LogP contribution is 2.27. The van der Waals surface area contributed by atoms with Gasteiger partial charge < -0.3 is 14.8 Å². The largest absolute Gasteiger partial charge is 0.357 e.